The van der Waals surface area contributed by atoms with Crippen LogP contribution in [-0.4, -0.2) is 16.0 Å². The summed E-state index contributed by atoms with van der Waals surface area (Å²) in [6, 6.07) is 8.63. The maximum absolute atomic E-state index is 6.27. The predicted molar refractivity (Wildman–Crippen MR) is 96.0 cm³/mol. The van der Waals surface area contributed by atoms with E-state index in [0.717, 1.165) is 11.5 Å². The summed E-state index contributed by atoms with van der Waals surface area (Å²) in [6.07, 6.45) is 9.14. The van der Waals surface area contributed by atoms with Crippen molar-refractivity contribution in [3.63, 3.8) is 0 Å². The first-order valence-corrected chi connectivity index (χ1v) is 8.43. The van der Waals surface area contributed by atoms with Crippen LogP contribution in [-0.2, 0) is 0 Å². The van der Waals surface area contributed by atoms with Crippen molar-refractivity contribution in [2.75, 3.05) is 16.4 Å². The Labute approximate surface area is 137 Å². The van der Waals surface area contributed by atoms with Gasteiger partial charge in [0.15, 0.2) is 11.6 Å². The van der Waals surface area contributed by atoms with Crippen LogP contribution in [0, 0.1) is 6.92 Å². The minimum atomic E-state index is 0.460. The molecule has 1 aromatic carbocycles. The van der Waals surface area contributed by atoms with Gasteiger partial charge in [-0.05, 0) is 31.9 Å². The molecule has 23 heavy (non-hydrogen) atoms. The first-order valence-electron chi connectivity index (χ1n) is 8.43. The van der Waals surface area contributed by atoms with Gasteiger partial charge in [-0.1, -0.05) is 43.4 Å². The summed E-state index contributed by atoms with van der Waals surface area (Å²) in [5.74, 6) is 1.39. The first kappa shape index (κ1) is 15.6. The molecule has 1 aromatic heterocycles. The highest BCUT2D eigenvalue weighted by Gasteiger charge is 2.15. The number of nitrogens with two attached hydrogens (primary N) is 1. The fraction of sp³-hybridized carbons (Fsp3) is 0.444. The van der Waals surface area contributed by atoms with Crippen molar-refractivity contribution in [1.29, 1.82) is 0 Å². The minimum Gasteiger partial charge on any atom is -0.393 e. The molecule has 1 heterocycles. The van der Waals surface area contributed by atoms with Crippen LogP contribution in [0.25, 0.3) is 0 Å². The SMILES string of the molecule is Cc1ccc(Nc2ncnc(NC3CCCCCC3)c2N)cc1. The zero-order valence-corrected chi connectivity index (χ0v) is 13.7. The van der Waals surface area contributed by atoms with E-state index in [4.69, 9.17) is 5.73 Å². The maximum atomic E-state index is 6.27. The summed E-state index contributed by atoms with van der Waals surface area (Å²) >= 11 is 0. The summed E-state index contributed by atoms with van der Waals surface area (Å²) in [5.41, 5.74) is 9.05. The van der Waals surface area contributed by atoms with E-state index in [0.29, 0.717) is 17.5 Å². The molecular formula is C18H25N5. The molecule has 0 unspecified atom stereocenters. The standard InChI is InChI=1S/C18H25N5/c1-13-8-10-15(11-9-13)23-18-16(19)17(20-12-21-18)22-14-6-4-2-3-5-7-14/h8-12,14H,2-7,19H2,1H3,(H2,20,21,22,23). The summed E-state index contributed by atoms with van der Waals surface area (Å²) in [7, 11) is 0. The van der Waals surface area contributed by atoms with E-state index in [2.05, 4.69) is 39.7 Å². The summed E-state index contributed by atoms with van der Waals surface area (Å²) in [4.78, 5) is 8.61. The van der Waals surface area contributed by atoms with Crippen LogP contribution in [0.15, 0.2) is 30.6 Å². The quantitative estimate of drug-likeness (QED) is 0.736. The maximum Gasteiger partial charge on any atom is 0.159 e. The minimum absolute atomic E-state index is 0.460. The number of benzene rings is 1. The second kappa shape index (κ2) is 7.31. The molecule has 3 rings (SSSR count). The number of rotatable bonds is 4. The largest absolute Gasteiger partial charge is 0.393 e. The molecule has 1 fully saturated rings. The van der Waals surface area contributed by atoms with Crippen LogP contribution >= 0.6 is 0 Å². The molecule has 0 atom stereocenters. The van der Waals surface area contributed by atoms with Crippen molar-refractivity contribution in [1.82, 2.24) is 9.97 Å². The molecule has 1 aliphatic rings. The Balaban J connectivity index is 1.73. The molecule has 1 aliphatic carbocycles. The molecule has 0 spiro atoms. The van der Waals surface area contributed by atoms with E-state index in [1.54, 1.807) is 6.33 Å². The third kappa shape index (κ3) is 4.12. The topological polar surface area (TPSA) is 75.9 Å². The van der Waals surface area contributed by atoms with E-state index in [1.807, 2.05) is 12.1 Å². The Morgan fingerprint density at radius 1 is 0.957 bits per heavy atom. The molecular weight excluding hydrogens is 286 g/mol. The van der Waals surface area contributed by atoms with Crippen LogP contribution in [0.1, 0.15) is 44.1 Å². The van der Waals surface area contributed by atoms with Gasteiger partial charge in [-0.25, -0.2) is 9.97 Å². The van der Waals surface area contributed by atoms with E-state index in [-0.39, 0.29) is 0 Å². The molecule has 0 aliphatic heterocycles. The van der Waals surface area contributed by atoms with Crippen LogP contribution in [0.5, 0.6) is 0 Å². The normalized spacial score (nSPS) is 15.9. The van der Waals surface area contributed by atoms with Gasteiger partial charge in [0, 0.05) is 11.7 Å². The van der Waals surface area contributed by atoms with E-state index in [9.17, 15) is 0 Å². The Kier molecular flexibility index (Phi) is 4.95. The average molecular weight is 311 g/mol. The van der Waals surface area contributed by atoms with Gasteiger partial charge in [0.2, 0.25) is 0 Å². The fourth-order valence-electron chi connectivity index (χ4n) is 3.00. The monoisotopic (exact) mass is 311 g/mol. The lowest BCUT2D eigenvalue weighted by molar-refractivity contribution is 0.618. The smallest absolute Gasteiger partial charge is 0.159 e. The number of hydrogen-bond donors (Lipinski definition) is 3. The van der Waals surface area contributed by atoms with Gasteiger partial charge < -0.3 is 16.4 Å². The average Bonchev–Trinajstić information content (AvgIpc) is 2.82. The van der Waals surface area contributed by atoms with Crippen molar-refractivity contribution >= 4 is 23.0 Å². The molecule has 0 radical (unpaired) electrons. The van der Waals surface area contributed by atoms with Crippen LogP contribution in [0.3, 0.4) is 0 Å². The number of nitrogens with one attached hydrogen (secondary N) is 2. The summed E-state index contributed by atoms with van der Waals surface area (Å²) in [5, 5.41) is 6.78. The molecule has 4 N–H and O–H groups in total. The molecule has 1 saturated carbocycles. The second-order valence-corrected chi connectivity index (χ2v) is 6.31. The van der Waals surface area contributed by atoms with Crippen LogP contribution < -0.4 is 16.4 Å². The first-order chi connectivity index (χ1) is 11.2. The number of hydrogen-bond acceptors (Lipinski definition) is 5. The zero-order valence-electron chi connectivity index (χ0n) is 13.7. The van der Waals surface area contributed by atoms with Crippen molar-refractivity contribution < 1.29 is 0 Å². The van der Waals surface area contributed by atoms with E-state index < -0.39 is 0 Å². The number of nitrogens with zero attached hydrogens (tertiary/aromatic N) is 2. The third-order valence-electron chi connectivity index (χ3n) is 4.39. The highest BCUT2D eigenvalue weighted by molar-refractivity contribution is 5.77. The van der Waals surface area contributed by atoms with Gasteiger partial charge in [-0.15, -0.1) is 0 Å². The number of anilines is 4. The van der Waals surface area contributed by atoms with E-state index >= 15 is 0 Å². The van der Waals surface area contributed by atoms with Gasteiger partial charge in [0.05, 0.1) is 0 Å². The predicted octanol–water partition coefficient (Wildman–Crippen LogP) is 4.25. The summed E-state index contributed by atoms with van der Waals surface area (Å²) < 4.78 is 0. The Bertz CT molecular complexity index is 630. The molecule has 5 heteroatoms. The Hall–Kier alpha value is -2.30. The van der Waals surface area contributed by atoms with E-state index in [1.165, 1.54) is 44.1 Å². The number of aryl methyl sites for hydroxylation is 1. The van der Waals surface area contributed by atoms with Crippen molar-refractivity contribution in [2.24, 2.45) is 0 Å². The highest BCUT2D eigenvalue weighted by atomic mass is 15.1. The van der Waals surface area contributed by atoms with Gasteiger partial charge >= 0.3 is 0 Å². The van der Waals surface area contributed by atoms with Crippen molar-refractivity contribution in [3.05, 3.63) is 36.2 Å². The molecule has 0 saturated heterocycles. The number of aromatic nitrogens is 2. The fourth-order valence-corrected chi connectivity index (χ4v) is 3.00. The Morgan fingerprint density at radius 2 is 1.61 bits per heavy atom. The van der Waals surface area contributed by atoms with Crippen molar-refractivity contribution in [3.8, 4) is 0 Å². The molecule has 122 valence electrons. The van der Waals surface area contributed by atoms with Gasteiger partial charge in [-0.2, -0.15) is 0 Å². The Morgan fingerprint density at radius 3 is 2.30 bits per heavy atom. The van der Waals surface area contributed by atoms with Crippen LogP contribution in [0.4, 0.5) is 23.0 Å². The highest BCUT2D eigenvalue weighted by Crippen LogP contribution is 2.28. The third-order valence-corrected chi connectivity index (χ3v) is 4.39. The molecule has 0 amide bonds. The molecule has 2 aromatic rings. The lowest BCUT2D eigenvalue weighted by atomic mass is 10.1. The van der Waals surface area contributed by atoms with Crippen LogP contribution in [0.2, 0.25) is 0 Å². The van der Waals surface area contributed by atoms with Crippen molar-refractivity contribution in [2.45, 2.75) is 51.5 Å². The summed E-state index contributed by atoms with van der Waals surface area (Å²) in [6.45, 7) is 2.07. The number of nitrogen functional groups attached to an aromatic ring is 1. The molecule has 0 bridgehead atoms. The molecule has 5 nitrogen and oxygen atoms in total. The zero-order chi connectivity index (χ0) is 16.1. The second-order valence-electron chi connectivity index (χ2n) is 6.31. The van der Waals surface area contributed by atoms with Gasteiger partial charge in [0.25, 0.3) is 0 Å². The van der Waals surface area contributed by atoms with Gasteiger partial charge in [0.1, 0.15) is 12.0 Å². The van der Waals surface area contributed by atoms with Gasteiger partial charge in [-0.3, -0.25) is 0 Å². The lowest BCUT2D eigenvalue weighted by Crippen LogP contribution is -2.20. The lowest BCUT2D eigenvalue weighted by Gasteiger charge is -2.19.